The lowest BCUT2D eigenvalue weighted by atomic mass is 9.98. The highest BCUT2D eigenvalue weighted by Gasteiger charge is 2.43. The van der Waals surface area contributed by atoms with E-state index >= 15 is 0 Å². The number of thiazole rings is 1. The van der Waals surface area contributed by atoms with Gasteiger partial charge in [-0.15, -0.1) is 0 Å². The molecule has 4 aromatic rings. The third kappa shape index (κ3) is 2.47. The van der Waals surface area contributed by atoms with E-state index in [2.05, 4.69) is 39.6 Å². The molecule has 7 heteroatoms. The summed E-state index contributed by atoms with van der Waals surface area (Å²) in [6.07, 6.45) is 1.13. The number of aromatic nitrogens is 3. The number of benzene rings is 2. The second kappa shape index (κ2) is 5.60. The quantitative estimate of drug-likeness (QED) is 0.563. The minimum absolute atomic E-state index is 0.280. The lowest BCUT2D eigenvalue weighted by molar-refractivity contribution is -0.117. The number of rotatable bonds is 3. The Labute approximate surface area is 152 Å². The van der Waals surface area contributed by atoms with Gasteiger partial charge in [-0.25, -0.2) is 9.37 Å². The first kappa shape index (κ1) is 15.5. The highest BCUT2D eigenvalue weighted by atomic mass is 32.1. The number of carbonyl (C=O) groups excluding carboxylic acids is 1. The van der Waals surface area contributed by atoms with Crippen LogP contribution in [0, 0.1) is 12.8 Å². The van der Waals surface area contributed by atoms with Gasteiger partial charge in [-0.05, 0) is 42.2 Å². The number of H-pyrrole nitrogens is 1. The van der Waals surface area contributed by atoms with Crippen molar-refractivity contribution < 1.29 is 9.18 Å². The number of nitrogens with zero attached hydrogens (tertiary/aromatic N) is 2. The predicted molar refractivity (Wildman–Crippen MR) is 101 cm³/mol. The topological polar surface area (TPSA) is 70.7 Å². The van der Waals surface area contributed by atoms with E-state index in [-0.39, 0.29) is 5.91 Å². The van der Waals surface area contributed by atoms with Crippen LogP contribution < -0.4 is 5.32 Å². The van der Waals surface area contributed by atoms with Crippen LogP contribution >= 0.6 is 11.3 Å². The van der Waals surface area contributed by atoms with E-state index < -0.39 is 12.1 Å². The van der Waals surface area contributed by atoms with E-state index in [0.29, 0.717) is 11.6 Å². The van der Waals surface area contributed by atoms with E-state index in [9.17, 15) is 9.18 Å². The molecule has 2 N–H and O–H groups in total. The third-order valence-electron chi connectivity index (χ3n) is 4.86. The fourth-order valence-electron chi connectivity index (χ4n) is 3.25. The second-order valence-electron chi connectivity index (χ2n) is 6.62. The predicted octanol–water partition coefficient (Wildman–Crippen LogP) is 4.44. The zero-order valence-electron chi connectivity index (χ0n) is 13.9. The van der Waals surface area contributed by atoms with Crippen molar-refractivity contribution in [3.63, 3.8) is 0 Å². The lowest BCUT2D eigenvalue weighted by Gasteiger charge is -2.07. The number of fused-ring (bicyclic) bond motifs is 2. The van der Waals surface area contributed by atoms with Gasteiger partial charge < -0.3 is 5.32 Å². The van der Waals surface area contributed by atoms with Crippen LogP contribution in [0.3, 0.4) is 0 Å². The maximum absolute atomic E-state index is 13.0. The molecule has 1 aliphatic carbocycles. The fourth-order valence-corrected chi connectivity index (χ4v) is 4.15. The largest absolute Gasteiger partial charge is 0.302 e. The molecule has 5 rings (SSSR count). The van der Waals surface area contributed by atoms with Crippen molar-refractivity contribution in [2.75, 3.05) is 5.32 Å². The molecular weight excluding hydrogens is 351 g/mol. The molecule has 26 heavy (non-hydrogen) atoms. The first-order valence-corrected chi connectivity index (χ1v) is 9.20. The summed E-state index contributed by atoms with van der Waals surface area (Å²) >= 11 is 1.41. The first-order chi connectivity index (χ1) is 12.6. The summed E-state index contributed by atoms with van der Waals surface area (Å²) in [4.78, 5) is 16.3. The van der Waals surface area contributed by atoms with Crippen LogP contribution in [0.15, 0.2) is 36.5 Å². The molecule has 0 saturated heterocycles. The number of carbonyl (C=O) groups is 1. The number of hydrogen-bond acceptors (Lipinski definition) is 4. The zero-order valence-corrected chi connectivity index (χ0v) is 14.7. The molecule has 1 amide bonds. The smallest absolute Gasteiger partial charge is 0.232 e. The van der Waals surface area contributed by atoms with Crippen LogP contribution in [0.25, 0.3) is 32.2 Å². The Balaban J connectivity index is 1.50. The van der Waals surface area contributed by atoms with Crippen molar-refractivity contribution >= 4 is 43.5 Å². The molecule has 5 nitrogen and oxygen atoms in total. The van der Waals surface area contributed by atoms with Crippen LogP contribution in [0.5, 0.6) is 0 Å². The minimum Gasteiger partial charge on any atom is -0.302 e. The van der Waals surface area contributed by atoms with Crippen LogP contribution in [0.4, 0.5) is 9.52 Å². The van der Waals surface area contributed by atoms with Gasteiger partial charge in [-0.2, -0.15) is 5.10 Å². The summed E-state index contributed by atoms with van der Waals surface area (Å²) in [6.45, 7) is 2.07. The van der Waals surface area contributed by atoms with Gasteiger partial charge in [0.25, 0.3) is 0 Å². The molecule has 1 unspecified atom stereocenters. The van der Waals surface area contributed by atoms with E-state index in [1.54, 1.807) is 0 Å². The normalized spacial score (nSPS) is 19.2. The Morgan fingerprint density at radius 3 is 3.00 bits per heavy atom. The molecule has 0 spiro atoms. The van der Waals surface area contributed by atoms with Gasteiger partial charge in [0.15, 0.2) is 5.13 Å². The van der Waals surface area contributed by atoms with Gasteiger partial charge in [0.05, 0.1) is 27.8 Å². The third-order valence-corrected chi connectivity index (χ3v) is 5.79. The van der Waals surface area contributed by atoms with Gasteiger partial charge in [-0.3, -0.25) is 9.89 Å². The zero-order chi connectivity index (χ0) is 17.8. The van der Waals surface area contributed by atoms with Crippen molar-refractivity contribution in [1.82, 2.24) is 15.2 Å². The fraction of sp³-hybridized carbons (Fsp3) is 0.211. The van der Waals surface area contributed by atoms with Crippen molar-refractivity contribution in [2.45, 2.75) is 19.5 Å². The van der Waals surface area contributed by atoms with Crippen LogP contribution in [0.2, 0.25) is 0 Å². The van der Waals surface area contributed by atoms with Gasteiger partial charge in [0.1, 0.15) is 6.17 Å². The Hall–Kier alpha value is -2.80. The molecule has 1 saturated carbocycles. The summed E-state index contributed by atoms with van der Waals surface area (Å²) in [7, 11) is 0. The molecule has 2 aromatic heterocycles. The Bertz CT molecular complexity index is 1160. The molecule has 0 bridgehead atoms. The molecule has 1 fully saturated rings. The van der Waals surface area contributed by atoms with Crippen molar-refractivity contribution in [3.05, 3.63) is 42.1 Å². The van der Waals surface area contributed by atoms with Gasteiger partial charge >= 0.3 is 0 Å². The second-order valence-corrected chi connectivity index (χ2v) is 7.65. The van der Waals surface area contributed by atoms with Crippen molar-refractivity contribution in [2.24, 2.45) is 5.92 Å². The van der Waals surface area contributed by atoms with E-state index in [4.69, 9.17) is 0 Å². The number of nitrogens with one attached hydrogen (secondary N) is 2. The summed E-state index contributed by atoms with van der Waals surface area (Å²) in [5.41, 5.74) is 5.20. The minimum atomic E-state index is -1.00. The summed E-state index contributed by atoms with van der Waals surface area (Å²) < 4.78 is 14.0. The standard InChI is InChI=1S/C19H15FN4OS/c1-9-12(4-2-11-8-21-24-17(9)11)10-3-5-15-16(6-10)26-19(22-15)23-18(25)13-7-14(13)20/h2-6,8,13-14H,7H2,1H3,(H,21,24)(H,22,23,25)/t13-,14?/m1/s1. The average molecular weight is 366 g/mol. The van der Waals surface area contributed by atoms with Crippen LogP contribution in [-0.4, -0.2) is 27.3 Å². The SMILES string of the molecule is Cc1c(-c2ccc3nc(NC(=O)[C@@H]4CC4F)sc3c2)ccc2cn[nH]c12. The molecule has 0 radical (unpaired) electrons. The number of anilines is 1. The molecule has 2 atom stereocenters. The molecule has 2 aromatic carbocycles. The molecule has 0 aliphatic heterocycles. The van der Waals surface area contributed by atoms with Crippen LogP contribution in [-0.2, 0) is 4.79 Å². The number of aromatic amines is 1. The number of alkyl halides is 1. The highest BCUT2D eigenvalue weighted by molar-refractivity contribution is 7.22. The Morgan fingerprint density at radius 2 is 2.19 bits per heavy atom. The van der Waals surface area contributed by atoms with Gasteiger partial charge in [0.2, 0.25) is 5.91 Å². The average Bonchev–Trinajstić information content (AvgIpc) is 3.03. The first-order valence-electron chi connectivity index (χ1n) is 8.39. The van der Waals surface area contributed by atoms with E-state index in [0.717, 1.165) is 37.8 Å². The van der Waals surface area contributed by atoms with Gasteiger partial charge in [0, 0.05) is 5.39 Å². The Kier molecular flexibility index (Phi) is 3.33. The van der Waals surface area contributed by atoms with E-state index in [1.807, 2.05) is 24.4 Å². The van der Waals surface area contributed by atoms with Crippen LogP contribution in [0.1, 0.15) is 12.0 Å². The highest BCUT2D eigenvalue weighted by Crippen LogP contribution is 2.37. The van der Waals surface area contributed by atoms with Gasteiger partial charge in [-0.1, -0.05) is 29.5 Å². The molecule has 1 aliphatic rings. The Morgan fingerprint density at radius 1 is 1.35 bits per heavy atom. The number of hydrogen-bond donors (Lipinski definition) is 2. The van der Waals surface area contributed by atoms with E-state index in [1.165, 1.54) is 11.3 Å². The number of halogens is 1. The molecule has 2 heterocycles. The summed E-state index contributed by atoms with van der Waals surface area (Å²) in [5.74, 6) is -0.793. The maximum Gasteiger partial charge on any atom is 0.232 e. The molecular formula is C19H15FN4OS. The number of amides is 1. The van der Waals surface area contributed by atoms with Crippen molar-refractivity contribution in [1.29, 1.82) is 0 Å². The number of aryl methyl sites for hydroxylation is 1. The lowest BCUT2D eigenvalue weighted by Crippen LogP contribution is -2.14. The maximum atomic E-state index is 13.0. The van der Waals surface area contributed by atoms with Crippen molar-refractivity contribution in [3.8, 4) is 11.1 Å². The monoisotopic (exact) mass is 366 g/mol. The summed E-state index contributed by atoms with van der Waals surface area (Å²) in [6, 6.07) is 10.2. The molecule has 130 valence electrons. The summed E-state index contributed by atoms with van der Waals surface area (Å²) in [5, 5.41) is 11.5.